The van der Waals surface area contributed by atoms with Gasteiger partial charge in [0.15, 0.2) is 5.11 Å². The van der Waals surface area contributed by atoms with Gasteiger partial charge in [-0.2, -0.15) is 0 Å². The average molecular weight is 390 g/mol. The number of anilines is 1. The van der Waals surface area contributed by atoms with Crippen LogP contribution in [-0.2, 0) is 10.3 Å². The van der Waals surface area contributed by atoms with Gasteiger partial charge in [0.25, 0.3) is 5.91 Å². The number of amides is 1. The summed E-state index contributed by atoms with van der Waals surface area (Å²) < 4.78 is 5.81. The highest BCUT2D eigenvalue weighted by Gasteiger charge is 2.47. The van der Waals surface area contributed by atoms with Crippen molar-refractivity contribution in [3.63, 3.8) is 0 Å². The van der Waals surface area contributed by atoms with Gasteiger partial charge in [-0.15, -0.1) is 0 Å². The second-order valence-corrected chi connectivity index (χ2v) is 7.04. The standard InChI is InChI=1S/C22H18N2O3S/c1-22(15-7-13-19(14-8-15)27-18-5-3-2-4-6-18)20(26)24(21(28)23-22)16-9-11-17(25)12-10-16/h2-14,25H,1H3,(H,23,28). The van der Waals surface area contributed by atoms with Crippen molar-refractivity contribution < 1.29 is 14.6 Å². The van der Waals surface area contributed by atoms with Crippen molar-refractivity contribution in [2.24, 2.45) is 0 Å². The number of hydrogen-bond donors (Lipinski definition) is 2. The lowest BCUT2D eigenvalue weighted by Gasteiger charge is -2.23. The van der Waals surface area contributed by atoms with Crippen molar-refractivity contribution in [2.45, 2.75) is 12.5 Å². The largest absolute Gasteiger partial charge is 0.508 e. The average Bonchev–Trinajstić information content (AvgIpc) is 2.93. The topological polar surface area (TPSA) is 61.8 Å². The van der Waals surface area contributed by atoms with Crippen molar-refractivity contribution in [2.75, 3.05) is 4.90 Å². The monoisotopic (exact) mass is 390 g/mol. The Morgan fingerprint density at radius 2 is 1.54 bits per heavy atom. The highest BCUT2D eigenvalue weighted by molar-refractivity contribution is 7.80. The molecule has 1 amide bonds. The number of carbonyl (C=O) groups excluding carboxylic acids is 1. The fraction of sp³-hybridized carbons (Fsp3) is 0.0909. The molecule has 1 fully saturated rings. The fourth-order valence-electron chi connectivity index (χ4n) is 3.15. The van der Waals surface area contributed by atoms with Crippen molar-refractivity contribution in [1.29, 1.82) is 0 Å². The Hall–Kier alpha value is -3.38. The Bertz CT molecular complexity index is 1020. The number of thiocarbonyl (C=S) groups is 1. The molecular formula is C22H18N2O3S. The van der Waals surface area contributed by atoms with Gasteiger partial charge in [0.05, 0.1) is 5.69 Å². The van der Waals surface area contributed by atoms with Crippen LogP contribution in [0.3, 0.4) is 0 Å². The maximum Gasteiger partial charge on any atom is 0.263 e. The van der Waals surface area contributed by atoms with E-state index in [1.807, 2.05) is 54.6 Å². The molecule has 1 aliphatic heterocycles. The molecule has 3 aromatic carbocycles. The van der Waals surface area contributed by atoms with Gasteiger partial charge in [0, 0.05) is 0 Å². The minimum atomic E-state index is -0.986. The summed E-state index contributed by atoms with van der Waals surface area (Å²) in [6.45, 7) is 1.80. The summed E-state index contributed by atoms with van der Waals surface area (Å²) in [5.41, 5.74) is 0.398. The second kappa shape index (κ2) is 6.98. The normalized spacial score (nSPS) is 18.8. The van der Waals surface area contributed by atoms with E-state index in [1.165, 1.54) is 17.0 Å². The minimum Gasteiger partial charge on any atom is -0.508 e. The van der Waals surface area contributed by atoms with E-state index in [0.29, 0.717) is 16.5 Å². The van der Waals surface area contributed by atoms with Crippen molar-refractivity contribution in [3.8, 4) is 17.2 Å². The van der Waals surface area contributed by atoms with E-state index < -0.39 is 5.54 Å². The van der Waals surface area contributed by atoms with Crippen LogP contribution >= 0.6 is 12.2 Å². The number of phenolic OH excluding ortho intramolecular Hbond substituents is 1. The van der Waals surface area contributed by atoms with Crippen molar-refractivity contribution in [3.05, 3.63) is 84.4 Å². The van der Waals surface area contributed by atoms with Crippen molar-refractivity contribution >= 4 is 28.9 Å². The number of phenols is 1. The molecule has 28 heavy (non-hydrogen) atoms. The Balaban J connectivity index is 1.59. The van der Waals surface area contributed by atoms with Gasteiger partial charge in [0.2, 0.25) is 0 Å². The molecule has 1 heterocycles. The Morgan fingerprint density at radius 1 is 0.929 bits per heavy atom. The first-order valence-electron chi connectivity index (χ1n) is 8.76. The molecule has 6 heteroatoms. The lowest BCUT2D eigenvalue weighted by Crippen LogP contribution is -2.40. The van der Waals surface area contributed by atoms with Crippen LogP contribution in [0.5, 0.6) is 17.2 Å². The number of ether oxygens (including phenoxy) is 1. The Morgan fingerprint density at radius 3 is 2.18 bits per heavy atom. The zero-order valence-corrected chi connectivity index (χ0v) is 15.9. The van der Waals surface area contributed by atoms with Gasteiger partial charge in [-0.1, -0.05) is 30.3 Å². The van der Waals surface area contributed by atoms with E-state index in [9.17, 15) is 9.90 Å². The molecule has 1 unspecified atom stereocenters. The summed E-state index contributed by atoms with van der Waals surface area (Å²) in [4.78, 5) is 14.6. The summed E-state index contributed by atoms with van der Waals surface area (Å²) in [5, 5.41) is 12.9. The summed E-state index contributed by atoms with van der Waals surface area (Å²) in [5.74, 6) is 1.38. The maximum absolute atomic E-state index is 13.2. The van der Waals surface area contributed by atoms with E-state index in [0.717, 1.165) is 11.3 Å². The van der Waals surface area contributed by atoms with Gasteiger partial charge in [-0.05, 0) is 73.2 Å². The number of carbonyl (C=O) groups is 1. The molecule has 3 aromatic rings. The summed E-state index contributed by atoms with van der Waals surface area (Å²) in [6, 6.07) is 23.2. The first kappa shape index (κ1) is 18.0. The van der Waals surface area contributed by atoms with Crippen LogP contribution in [0.25, 0.3) is 0 Å². The number of hydrogen-bond acceptors (Lipinski definition) is 4. The van der Waals surface area contributed by atoms with Crippen LogP contribution in [-0.4, -0.2) is 16.1 Å². The first-order valence-corrected chi connectivity index (χ1v) is 9.17. The first-order chi connectivity index (χ1) is 13.5. The van der Waals surface area contributed by atoms with Gasteiger partial charge >= 0.3 is 0 Å². The molecule has 1 aliphatic rings. The van der Waals surface area contributed by atoms with Crippen LogP contribution in [0, 0.1) is 0 Å². The number of para-hydroxylation sites is 1. The Labute approximate surface area is 168 Å². The zero-order chi connectivity index (χ0) is 19.7. The van der Waals surface area contributed by atoms with Gasteiger partial charge in [-0.25, -0.2) is 0 Å². The summed E-state index contributed by atoms with van der Waals surface area (Å²) in [7, 11) is 0. The Kier molecular flexibility index (Phi) is 4.49. The minimum absolute atomic E-state index is 0.131. The number of nitrogens with one attached hydrogen (secondary N) is 1. The molecule has 0 aliphatic carbocycles. The predicted molar refractivity (Wildman–Crippen MR) is 112 cm³/mol. The smallest absolute Gasteiger partial charge is 0.263 e. The summed E-state index contributed by atoms with van der Waals surface area (Å²) in [6.07, 6.45) is 0. The maximum atomic E-state index is 13.2. The fourth-order valence-corrected chi connectivity index (χ4v) is 3.54. The molecule has 2 N–H and O–H groups in total. The highest BCUT2D eigenvalue weighted by Crippen LogP contribution is 2.34. The zero-order valence-electron chi connectivity index (χ0n) is 15.1. The molecule has 0 saturated carbocycles. The molecular weight excluding hydrogens is 372 g/mol. The molecule has 0 aromatic heterocycles. The molecule has 0 radical (unpaired) electrons. The third-order valence-electron chi connectivity index (χ3n) is 4.71. The molecule has 4 rings (SSSR count). The third-order valence-corrected chi connectivity index (χ3v) is 4.99. The van der Waals surface area contributed by atoms with E-state index >= 15 is 0 Å². The van der Waals surface area contributed by atoms with Crippen LogP contribution in [0.1, 0.15) is 12.5 Å². The second-order valence-electron chi connectivity index (χ2n) is 6.65. The van der Waals surface area contributed by atoms with Crippen LogP contribution in [0.2, 0.25) is 0 Å². The van der Waals surface area contributed by atoms with Gasteiger partial charge < -0.3 is 15.2 Å². The SMILES string of the molecule is CC1(c2ccc(Oc3ccccc3)cc2)NC(=S)N(c2ccc(O)cc2)C1=O. The lowest BCUT2D eigenvalue weighted by molar-refractivity contribution is -0.121. The third kappa shape index (κ3) is 3.18. The number of nitrogens with zero attached hydrogens (tertiary/aromatic N) is 1. The van der Waals surface area contributed by atoms with E-state index in [2.05, 4.69) is 5.32 Å². The van der Waals surface area contributed by atoms with Crippen LogP contribution < -0.4 is 15.0 Å². The van der Waals surface area contributed by atoms with Crippen molar-refractivity contribution in [1.82, 2.24) is 5.32 Å². The predicted octanol–water partition coefficient (Wildman–Crippen LogP) is 4.32. The number of benzene rings is 3. The van der Waals surface area contributed by atoms with E-state index in [-0.39, 0.29) is 11.7 Å². The highest BCUT2D eigenvalue weighted by atomic mass is 32.1. The van der Waals surface area contributed by atoms with E-state index in [4.69, 9.17) is 17.0 Å². The van der Waals surface area contributed by atoms with Crippen LogP contribution in [0.15, 0.2) is 78.9 Å². The molecule has 5 nitrogen and oxygen atoms in total. The molecule has 0 bridgehead atoms. The van der Waals surface area contributed by atoms with Gasteiger partial charge in [-0.3, -0.25) is 9.69 Å². The quantitative estimate of drug-likeness (QED) is 0.650. The molecule has 140 valence electrons. The molecule has 0 spiro atoms. The lowest BCUT2D eigenvalue weighted by atomic mass is 9.92. The van der Waals surface area contributed by atoms with Gasteiger partial charge in [0.1, 0.15) is 22.8 Å². The molecule has 1 saturated heterocycles. The summed E-state index contributed by atoms with van der Waals surface area (Å²) >= 11 is 5.40. The van der Waals surface area contributed by atoms with Crippen LogP contribution in [0.4, 0.5) is 5.69 Å². The number of aromatic hydroxyl groups is 1. The molecule has 1 atom stereocenters. The number of rotatable bonds is 4. The van der Waals surface area contributed by atoms with E-state index in [1.54, 1.807) is 19.1 Å².